The van der Waals surface area contributed by atoms with Crippen LogP contribution < -0.4 is 25.4 Å². The molecule has 0 aromatic heterocycles. The van der Waals surface area contributed by atoms with Gasteiger partial charge in [0.1, 0.15) is 6.61 Å². The van der Waals surface area contributed by atoms with Gasteiger partial charge in [-0.05, 0) is 72.7 Å². The molecule has 0 unspecified atom stereocenters. The van der Waals surface area contributed by atoms with E-state index in [-0.39, 0.29) is 11.0 Å². The Morgan fingerprint density at radius 3 is 2.39 bits per heavy atom. The molecule has 0 atom stereocenters. The number of amides is 2. The summed E-state index contributed by atoms with van der Waals surface area (Å²) >= 11 is 17.4. The van der Waals surface area contributed by atoms with Crippen LogP contribution in [0.1, 0.15) is 35.7 Å². The maximum atomic E-state index is 12.8. The molecule has 0 fully saturated rings. The van der Waals surface area contributed by atoms with Gasteiger partial charge in [-0.3, -0.25) is 14.9 Å². The Labute approximate surface area is 225 Å². The highest BCUT2D eigenvalue weighted by Crippen LogP contribution is 2.29. The molecule has 7 nitrogen and oxygen atoms in total. The van der Waals surface area contributed by atoms with E-state index in [2.05, 4.69) is 16.0 Å². The minimum Gasteiger partial charge on any atom is -0.493 e. The maximum Gasteiger partial charge on any atom is 0.257 e. The lowest BCUT2D eigenvalue weighted by Gasteiger charge is -2.14. The van der Waals surface area contributed by atoms with Crippen molar-refractivity contribution in [2.75, 3.05) is 17.7 Å². The fraction of sp³-hybridized carbons (Fsp3) is 0.192. The second kappa shape index (κ2) is 13.1. The SMILES string of the molecule is CCCC(=O)Nc1ccc(Cl)c(NC(=S)NC(=O)c2ccc(OCc3ccc(Cl)cc3)c(OC)c2)c1. The van der Waals surface area contributed by atoms with Crippen LogP contribution >= 0.6 is 35.4 Å². The molecule has 188 valence electrons. The van der Waals surface area contributed by atoms with Crippen LogP contribution in [0, 0.1) is 0 Å². The van der Waals surface area contributed by atoms with Gasteiger partial charge in [0.05, 0.1) is 17.8 Å². The standard InChI is InChI=1S/C26H25Cl2N3O4S/c1-3-4-24(32)29-19-10-11-20(28)21(14-19)30-26(36)31-25(33)17-7-12-22(23(13-17)34-2)35-15-16-5-8-18(27)9-6-16/h5-14H,3-4,15H2,1-2H3,(H,29,32)(H2,30,31,33,36). The van der Waals surface area contributed by atoms with Gasteiger partial charge in [0.2, 0.25) is 5.91 Å². The molecular formula is C26H25Cl2N3O4S. The molecule has 0 aliphatic rings. The van der Waals surface area contributed by atoms with E-state index in [4.69, 9.17) is 44.9 Å². The van der Waals surface area contributed by atoms with Gasteiger partial charge in [-0.15, -0.1) is 0 Å². The number of hydrogen-bond donors (Lipinski definition) is 3. The minimum atomic E-state index is -0.446. The number of rotatable bonds is 9. The number of benzene rings is 3. The highest BCUT2D eigenvalue weighted by molar-refractivity contribution is 7.80. The Hall–Kier alpha value is -3.33. The Kier molecular flexibility index (Phi) is 9.93. The first-order chi connectivity index (χ1) is 17.3. The van der Waals surface area contributed by atoms with Crippen molar-refractivity contribution in [1.29, 1.82) is 0 Å². The molecule has 3 rings (SSSR count). The molecule has 0 spiro atoms. The zero-order valence-corrected chi connectivity index (χ0v) is 22.0. The van der Waals surface area contributed by atoms with E-state index < -0.39 is 5.91 Å². The van der Waals surface area contributed by atoms with Crippen LogP contribution in [0.2, 0.25) is 10.0 Å². The normalized spacial score (nSPS) is 10.3. The number of ether oxygens (including phenoxy) is 2. The minimum absolute atomic E-state index is 0.0426. The van der Waals surface area contributed by atoms with E-state index in [0.717, 1.165) is 12.0 Å². The lowest BCUT2D eigenvalue weighted by molar-refractivity contribution is -0.116. The van der Waals surface area contributed by atoms with Crippen molar-refractivity contribution in [3.8, 4) is 11.5 Å². The van der Waals surface area contributed by atoms with Crippen LogP contribution in [0.3, 0.4) is 0 Å². The number of thiocarbonyl (C=S) groups is 1. The van der Waals surface area contributed by atoms with E-state index >= 15 is 0 Å². The van der Waals surface area contributed by atoms with Crippen molar-refractivity contribution in [2.45, 2.75) is 26.4 Å². The molecule has 2 amide bonds. The van der Waals surface area contributed by atoms with Gasteiger partial charge < -0.3 is 20.1 Å². The molecule has 36 heavy (non-hydrogen) atoms. The predicted octanol–water partition coefficient (Wildman–Crippen LogP) is 6.45. The molecule has 0 aliphatic heterocycles. The number of carbonyl (C=O) groups excluding carboxylic acids is 2. The third-order valence-electron chi connectivity index (χ3n) is 4.94. The second-order valence-corrected chi connectivity index (χ2v) is 8.93. The molecule has 0 saturated carbocycles. The Morgan fingerprint density at radius 1 is 0.944 bits per heavy atom. The molecular weight excluding hydrogens is 521 g/mol. The third-order valence-corrected chi connectivity index (χ3v) is 5.72. The fourth-order valence-electron chi connectivity index (χ4n) is 3.15. The monoisotopic (exact) mass is 545 g/mol. The summed E-state index contributed by atoms with van der Waals surface area (Å²) in [4.78, 5) is 24.6. The summed E-state index contributed by atoms with van der Waals surface area (Å²) < 4.78 is 11.2. The summed E-state index contributed by atoms with van der Waals surface area (Å²) in [6, 6.07) is 17.1. The Bertz CT molecular complexity index is 1250. The first-order valence-electron chi connectivity index (χ1n) is 11.1. The van der Waals surface area contributed by atoms with E-state index in [0.29, 0.717) is 51.5 Å². The summed E-state index contributed by atoms with van der Waals surface area (Å²) in [5, 5.41) is 9.36. The second-order valence-electron chi connectivity index (χ2n) is 7.68. The van der Waals surface area contributed by atoms with Crippen molar-refractivity contribution in [2.24, 2.45) is 0 Å². The van der Waals surface area contributed by atoms with Crippen molar-refractivity contribution >= 4 is 63.7 Å². The first-order valence-corrected chi connectivity index (χ1v) is 12.2. The van der Waals surface area contributed by atoms with Gasteiger partial charge in [-0.25, -0.2) is 0 Å². The molecule has 3 N–H and O–H groups in total. The first kappa shape index (κ1) is 27.3. The van der Waals surface area contributed by atoms with Gasteiger partial charge in [0.25, 0.3) is 5.91 Å². The van der Waals surface area contributed by atoms with E-state index in [1.807, 2.05) is 19.1 Å². The van der Waals surface area contributed by atoms with Crippen LogP contribution in [-0.2, 0) is 11.4 Å². The van der Waals surface area contributed by atoms with Crippen LogP contribution in [-0.4, -0.2) is 24.0 Å². The van der Waals surface area contributed by atoms with Crippen molar-refractivity contribution in [3.63, 3.8) is 0 Å². The van der Waals surface area contributed by atoms with Crippen molar-refractivity contribution < 1.29 is 19.1 Å². The maximum absolute atomic E-state index is 12.8. The van der Waals surface area contributed by atoms with E-state index in [9.17, 15) is 9.59 Å². The fourth-order valence-corrected chi connectivity index (χ4v) is 3.64. The van der Waals surface area contributed by atoms with Crippen LogP contribution in [0.4, 0.5) is 11.4 Å². The summed E-state index contributed by atoms with van der Waals surface area (Å²) in [6.07, 6.45) is 1.15. The van der Waals surface area contributed by atoms with Crippen molar-refractivity contribution in [3.05, 3.63) is 81.8 Å². The number of nitrogens with one attached hydrogen (secondary N) is 3. The van der Waals surface area contributed by atoms with Gasteiger partial charge in [0.15, 0.2) is 16.6 Å². The molecule has 0 saturated heterocycles. The summed E-state index contributed by atoms with van der Waals surface area (Å²) in [6.45, 7) is 2.24. The smallest absolute Gasteiger partial charge is 0.257 e. The van der Waals surface area contributed by atoms with Gasteiger partial charge in [-0.1, -0.05) is 42.3 Å². The summed E-state index contributed by atoms with van der Waals surface area (Å²) in [7, 11) is 1.49. The Balaban J connectivity index is 1.62. The van der Waals surface area contributed by atoms with Crippen LogP contribution in [0.25, 0.3) is 0 Å². The topological polar surface area (TPSA) is 88.7 Å². The average molecular weight is 546 g/mol. The molecule has 3 aromatic carbocycles. The zero-order valence-electron chi connectivity index (χ0n) is 19.7. The van der Waals surface area contributed by atoms with Gasteiger partial charge in [-0.2, -0.15) is 0 Å². The van der Waals surface area contributed by atoms with Crippen LogP contribution in [0.5, 0.6) is 11.5 Å². The average Bonchev–Trinajstić information content (AvgIpc) is 2.85. The van der Waals surface area contributed by atoms with Crippen molar-refractivity contribution in [1.82, 2.24) is 5.32 Å². The highest BCUT2D eigenvalue weighted by atomic mass is 35.5. The third kappa shape index (κ3) is 7.84. The predicted molar refractivity (Wildman–Crippen MR) is 147 cm³/mol. The molecule has 3 aromatic rings. The van der Waals surface area contributed by atoms with E-state index in [1.54, 1.807) is 48.5 Å². The molecule has 0 aliphatic carbocycles. The largest absolute Gasteiger partial charge is 0.493 e. The number of carbonyl (C=O) groups is 2. The number of methoxy groups -OCH3 is 1. The lowest BCUT2D eigenvalue weighted by Crippen LogP contribution is -2.34. The number of anilines is 2. The molecule has 0 heterocycles. The molecule has 0 radical (unpaired) electrons. The summed E-state index contributed by atoms with van der Waals surface area (Å²) in [5.41, 5.74) is 2.27. The molecule has 10 heteroatoms. The summed E-state index contributed by atoms with van der Waals surface area (Å²) in [5.74, 6) is 0.335. The zero-order chi connectivity index (χ0) is 26.1. The van der Waals surface area contributed by atoms with Gasteiger partial charge >= 0.3 is 0 Å². The lowest BCUT2D eigenvalue weighted by atomic mass is 10.2. The molecule has 0 bridgehead atoms. The number of hydrogen-bond acceptors (Lipinski definition) is 5. The Morgan fingerprint density at radius 2 is 1.69 bits per heavy atom. The van der Waals surface area contributed by atoms with E-state index in [1.165, 1.54) is 7.11 Å². The van der Waals surface area contributed by atoms with Gasteiger partial charge in [0, 0.05) is 22.7 Å². The quantitative estimate of drug-likeness (QED) is 0.268. The van der Waals surface area contributed by atoms with Crippen LogP contribution in [0.15, 0.2) is 60.7 Å². The number of halogens is 2. The highest BCUT2D eigenvalue weighted by Gasteiger charge is 2.14.